The van der Waals surface area contributed by atoms with Gasteiger partial charge in [-0.15, -0.1) is 0 Å². The Kier molecular flexibility index (Phi) is 7.03. The molecule has 3 aromatic carbocycles. The summed E-state index contributed by atoms with van der Waals surface area (Å²) in [5.74, 6) is -0.131. The van der Waals surface area contributed by atoms with Crippen LogP contribution in [0.4, 0.5) is 0 Å². The third-order valence-electron chi connectivity index (χ3n) is 6.90. The number of nitrogens with two attached hydrogens (primary N) is 2. The minimum Gasteiger partial charge on any atom is -0.369 e. The van der Waals surface area contributed by atoms with Crippen LogP contribution in [0.5, 0.6) is 0 Å². The highest BCUT2D eigenvalue weighted by Gasteiger charge is 2.49. The van der Waals surface area contributed by atoms with E-state index < -0.39 is 5.41 Å². The Bertz CT molecular complexity index is 962. The van der Waals surface area contributed by atoms with E-state index in [9.17, 15) is 4.79 Å². The molecule has 4 N–H and O–H groups in total. The van der Waals surface area contributed by atoms with Crippen molar-refractivity contribution in [2.45, 2.75) is 24.7 Å². The van der Waals surface area contributed by atoms with Crippen molar-refractivity contribution in [2.24, 2.45) is 17.4 Å². The van der Waals surface area contributed by atoms with Gasteiger partial charge < -0.3 is 16.4 Å². The lowest BCUT2D eigenvalue weighted by Crippen LogP contribution is -2.49. The molecule has 0 saturated carbocycles. The number of carbonyl (C=O) groups excluding carboxylic acids is 1. The normalized spacial score (nSPS) is 16.8. The highest BCUT2D eigenvalue weighted by Crippen LogP contribution is 2.43. The van der Waals surface area contributed by atoms with E-state index in [1.54, 1.807) is 0 Å². The minimum absolute atomic E-state index is 0.136. The molecule has 0 bridgehead atoms. The zero-order valence-electron chi connectivity index (χ0n) is 18.6. The van der Waals surface area contributed by atoms with Gasteiger partial charge in [0, 0.05) is 13.1 Å². The van der Waals surface area contributed by atoms with Gasteiger partial charge in [0.1, 0.15) is 5.41 Å². The van der Waals surface area contributed by atoms with Crippen molar-refractivity contribution >= 4 is 5.91 Å². The zero-order valence-corrected chi connectivity index (χ0v) is 18.6. The number of benzene rings is 3. The third-order valence-corrected chi connectivity index (χ3v) is 6.90. The standard InChI is InChI=1S/C28H33N3O/c29-18-15-22-11-13-23(14-12-22)16-19-31-20-17-26(21-31)28(27(30)32,24-7-3-1-4-8-24)25-9-5-2-6-10-25/h1-14,26H,15-21,29H2,(H2,30,32). The van der Waals surface area contributed by atoms with Crippen molar-refractivity contribution in [3.63, 3.8) is 0 Å². The summed E-state index contributed by atoms with van der Waals surface area (Å²) in [4.78, 5) is 15.6. The topological polar surface area (TPSA) is 72.3 Å². The molecule has 4 rings (SSSR count). The first-order valence-corrected chi connectivity index (χ1v) is 11.6. The molecule has 1 atom stereocenters. The Morgan fingerprint density at radius 1 is 0.844 bits per heavy atom. The van der Waals surface area contributed by atoms with E-state index in [4.69, 9.17) is 11.5 Å². The van der Waals surface area contributed by atoms with Gasteiger partial charge in [-0.3, -0.25) is 4.79 Å². The van der Waals surface area contributed by atoms with E-state index in [-0.39, 0.29) is 11.8 Å². The number of hydrogen-bond donors (Lipinski definition) is 2. The maximum absolute atomic E-state index is 13.2. The summed E-state index contributed by atoms with van der Waals surface area (Å²) in [6, 6.07) is 28.9. The van der Waals surface area contributed by atoms with Gasteiger partial charge in [-0.1, -0.05) is 84.9 Å². The average molecular weight is 428 g/mol. The van der Waals surface area contributed by atoms with Crippen LogP contribution in [-0.4, -0.2) is 37.0 Å². The number of carbonyl (C=O) groups is 1. The van der Waals surface area contributed by atoms with Crippen molar-refractivity contribution < 1.29 is 4.79 Å². The van der Waals surface area contributed by atoms with Crippen LogP contribution in [0.15, 0.2) is 84.9 Å². The Morgan fingerprint density at radius 3 is 1.88 bits per heavy atom. The van der Waals surface area contributed by atoms with Crippen LogP contribution in [0.25, 0.3) is 0 Å². The lowest BCUT2D eigenvalue weighted by molar-refractivity contribution is -0.123. The number of likely N-dealkylation sites (tertiary alicyclic amines) is 1. The largest absolute Gasteiger partial charge is 0.369 e. The maximum atomic E-state index is 13.2. The van der Waals surface area contributed by atoms with Gasteiger partial charge in [0.2, 0.25) is 5.91 Å². The molecule has 1 heterocycles. The smallest absolute Gasteiger partial charge is 0.232 e. The van der Waals surface area contributed by atoms with Gasteiger partial charge in [0.25, 0.3) is 0 Å². The van der Waals surface area contributed by atoms with Gasteiger partial charge in [-0.25, -0.2) is 0 Å². The van der Waals surface area contributed by atoms with E-state index in [0.717, 1.165) is 50.0 Å². The van der Waals surface area contributed by atoms with E-state index in [0.29, 0.717) is 6.54 Å². The fraction of sp³-hybridized carbons (Fsp3) is 0.321. The van der Waals surface area contributed by atoms with Crippen molar-refractivity contribution in [1.82, 2.24) is 4.90 Å². The summed E-state index contributed by atoms with van der Waals surface area (Å²) in [5, 5.41) is 0. The predicted octanol–water partition coefficient (Wildman–Crippen LogP) is 3.52. The molecule has 0 aliphatic carbocycles. The molecule has 1 fully saturated rings. The fourth-order valence-electron chi connectivity index (χ4n) is 5.24. The lowest BCUT2D eigenvalue weighted by atomic mass is 9.64. The summed E-state index contributed by atoms with van der Waals surface area (Å²) in [6.45, 7) is 3.49. The Labute approximate surface area is 191 Å². The molecule has 1 amide bonds. The number of primary amides is 1. The summed E-state index contributed by atoms with van der Waals surface area (Å²) in [5.41, 5.74) is 15.6. The summed E-state index contributed by atoms with van der Waals surface area (Å²) >= 11 is 0. The second kappa shape index (κ2) is 10.1. The van der Waals surface area contributed by atoms with Gasteiger partial charge in [0.05, 0.1) is 0 Å². The van der Waals surface area contributed by atoms with Crippen LogP contribution in [0.1, 0.15) is 28.7 Å². The van der Waals surface area contributed by atoms with Gasteiger partial charge in [0.15, 0.2) is 0 Å². The SMILES string of the molecule is NCCc1ccc(CCN2CCC(C(C(N)=O)(c3ccccc3)c3ccccc3)C2)cc1. The van der Waals surface area contributed by atoms with E-state index in [2.05, 4.69) is 29.2 Å². The van der Waals surface area contributed by atoms with Crippen LogP contribution in [0, 0.1) is 5.92 Å². The highest BCUT2D eigenvalue weighted by molar-refractivity contribution is 5.91. The molecular formula is C28H33N3O. The molecule has 1 saturated heterocycles. The van der Waals surface area contributed by atoms with Crippen LogP contribution < -0.4 is 11.5 Å². The second-order valence-corrected chi connectivity index (χ2v) is 8.80. The average Bonchev–Trinajstić information content (AvgIpc) is 3.30. The maximum Gasteiger partial charge on any atom is 0.232 e. The molecule has 1 unspecified atom stereocenters. The first-order chi connectivity index (χ1) is 15.6. The molecule has 1 aliphatic heterocycles. The second-order valence-electron chi connectivity index (χ2n) is 8.80. The molecule has 32 heavy (non-hydrogen) atoms. The van der Waals surface area contributed by atoms with E-state index >= 15 is 0 Å². The number of rotatable bonds is 9. The Hall–Kier alpha value is -2.95. The quantitative estimate of drug-likeness (QED) is 0.549. The molecule has 0 spiro atoms. The molecule has 4 heteroatoms. The summed E-state index contributed by atoms with van der Waals surface area (Å²) in [6.07, 6.45) is 2.86. The van der Waals surface area contributed by atoms with E-state index in [1.807, 2.05) is 60.7 Å². The monoisotopic (exact) mass is 427 g/mol. The minimum atomic E-state index is -0.818. The predicted molar refractivity (Wildman–Crippen MR) is 130 cm³/mol. The molecule has 4 nitrogen and oxygen atoms in total. The van der Waals surface area contributed by atoms with Crippen molar-refractivity contribution in [3.05, 3.63) is 107 Å². The Morgan fingerprint density at radius 2 is 1.38 bits per heavy atom. The zero-order chi connectivity index (χ0) is 22.4. The third kappa shape index (κ3) is 4.47. The van der Waals surface area contributed by atoms with Gasteiger partial charge >= 0.3 is 0 Å². The van der Waals surface area contributed by atoms with Crippen molar-refractivity contribution in [2.75, 3.05) is 26.2 Å². The summed E-state index contributed by atoms with van der Waals surface area (Å²) < 4.78 is 0. The number of amides is 1. The molecule has 3 aromatic rings. The lowest BCUT2D eigenvalue weighted by Gasteiger charge is -2.37. The van der Waals surface area contributed by atoms with Crippen LogP contribution in [-0.2, 0) is 23.1 Å². The van der Waals surface area contributed by atoms with Crippen molar-refractivity contribution in [1.29, 1.82) is 0 Å². The van der Waals surface area contributed by atoms with E-state index in [1.165, 1.54) is 11.1 Å². The van der Waals surface area contributed by atoms with Crippen LogP contribution in [0.3, 0.4) is 0 Å². The van der Waals surface area contributed by atoms with Crippen molar-refractivity contribution in [3.8, 4) is 0 Å². The summed E-state index contributed by atoms with van der Waals surface area (Å²) in [7, 11) is 0. The highest BCUT2D eigenvalue weighted by atomic mass is 16.1. The number of hydrogen-bond acceptors (Lipinski definition) is 3. The number of nitrogens with zero attached hydrogens (tertiary/aromatic N) is 1. The van der Waals surface area contributed by atoms with Crippen LogP contribution in [0.2, 0.25) is 0 Å². The first kappa shape index (κ1) is 22.3. The van der Waals surface area contributed by atoms with Gasteiger partial charge in [-0.05, 0) is 60.5 Å². The Balaban J connectivity index is 1.54. The molecule has 1 aliphatic rings. The fourth-order valence-corrected chi connectivity index (χ4v) is 5.24. The molecule has 166 valence electrons. The molecular weight excluding hydrogens is 394 g/mol. The molecule has 0 aromatic heterocycles. The first-order valence-electron chi connectivity index (χ1n) is 11.6. The van der Waals surface area contributed by atoms with Gasteiger partial charge in [-0.2, -0.15) is 0 Å². The van der Waals surface area contributed by atoms with Crippen LogP contribution >= 0.6 is 0 Å². The molecule has 0 radical (unpaired) electrons.